The van der Waals surface area contributed by atoms with E-state index in [0.29, 0.717) is 17.2 Å². The van der Waals surface area contributed by atoms with E-state index < -0.39 is 0 Å². The Morgan fingerprint density at radius 3 is 1.95 bits per heavy atom. The van der Waals surface area contributed by atoms with Crippen molar-refractivity contribution in [2.45, 2.75) is 0 Å². The van der Waals surface area contributed by atoms with Crippen molar-refractivity contribution in [2.75, 3.05) is 0 Å². The second-order valence-electron chi connectivity index (χ2n) is 9.38. The van der Waals surface area contributed by atoms with Crippen molar-refractivity contribution in [3.05, 3.63) is 139 Å². The van der Waals surface area contributed by atoms with Gasteiger partial charge in [-0.2, -0.15) is 5.26 Å². The zero-order valence-electron chi connectivity index (χ0n) is 21.0. The summed E-state index contributed by atoms with van der Waals surface area (Å²) in [6, 6.07) is 47.2. The Kier molecular flexibility index (Phi) is 5.46. The number of para-hydroxylation sites is 1. The minimum Gasteiger partial charge on any atom is -0.278 e. The van der Waals surface area contributed by atoms with Crippen molar-refractivity contribution < 1.29 is 0 Å². The van der Waals surface area contributed by atoms with Crippen molar-refractivity contribution in [3.8, 4) is 45.7 Å². The van der Waals surface area contributed by atoms with Crippen molar-refractivity contribution >= 4 is 21.8 Å². The van der Waals surface area contributed by atoms with E-state index in [9.17, 15) is 5.26 Å². The first-order valence-electron chi connectivity index (χ1n) is 12.8. The Labute approximate surface area is 226 Å². The predicted molar refractivity (Wildman–Crippen MR) is 157 cm³/mol. The molecule has 0 aliphatic rings. The lowest BCUT2D eigenvalue weighted by Gasteiger charge is -2.12. The molecule has 0 saturated heterocycles. The highest BCUT2D eigenvalue weighted by molar-refractivity contribution is 6.15. The van der Waals surface area contributed by atoms with Gasteiger partial charge in [0, 0.05) is 21.9 Å². The Balaban J connectivity index is 1.57. The number of hydrogen-bond acceptors (Lipinski definition) is 3. The number of nitriles is 1. The minimum atomic E-state index is 0.565. The molecule has 0 fully saturated rings. The fourth-order valence-electron chi connectivity index (χ4n) is 5.33. The number of hydrogen-bond donors (Lipinski definition) is 0. The van der Waals surface area contributed by atoms with Gasteiger partial charge in [-0.25, -0.2) is 9.97 Å². The largest absolute Gasteiger partial charge is 0.278 e. The van der Waals surface area contributed by atoms with Crippen molar-refractivity contribution in [1.82, 2.24) is 14.5 Å². The molecule has 7 rings (SSSR count). The molecule has 2 heterocycles. The van der Waals surface area contributed by atoms with Crippen LogP contribution in [0.2, 0.25) is 0 Å². The van der Waals surface area contributed by atoms with Crippen LogP contribution in [-0.2, 0) is 0 Å². The molecular weight excluding hydrogens is 476 g/mol. The van der Waals surface area contributed by atoms with Gasteiger partial charge >= 0.3 is 0 Å². The highest BCUT2D eigenvalue weighted by atomic mass is 15.2. The van der Waals surface area contributed by atoms with Crippen LogP contribution >= 0.6 is 0 Å². The zero-order chi connectivity index (χ0) is 26.2. The molecule has 0 aliphatic heterocycles. The zero-order valence-corrected chi connectivity index (χ0v) is 21.0. The average Bonchev–Trinajstić information content (AvgIpc) is 3.36. The van der Waals surface area contributed by atoms with E-state index in [2.05, 4.69) is 71.3 Å². The number of benzene rings is 5. The SMILES string of the molecule is N#Cc1ccccc1-c1cc(-c2ccccc2)nc(-n2c3ccccc3c3c(-c4ccccc4)cccc32)n1. The van der Waals surface area contributed by atoms with E-state index in [-0.39, 0.29) is 0 Å². The molecular formula is C35H22N4. The molecule has 0 saturated carbocycles. The fraction of sp³-hybridized carbons (Fsp3) is 0. The van der Waals surface area contributed by atoms with E-state index >= 15 is 0 Å². The lowest BCUT2D eigenvalue weighted by atomic mass is 9.99. The Hall–Kier alpha value is -5.53. The summed E-state index contributed by atoms with van der Waals surface area (Å²) < 4.78 is 2.14. The number of aromatic nitrogens is 3. The molecule has 0 radical (unpaired) electrons. The fourth-order valence-corrected chi connectivity index (χ4v) is 5.33. The lowest BCUT2D eigenvalue weighted by Crippen LogP contribution is -2.04. The maximum atomic E-state index is 9.84. The summed E-state index contributed by atoms with van der Waals surface area (Å²) in [5.41, 5.74) is 8.24. The third-order valence-electron chi connectivity index (χ3n) is 7.09. The van der Waals surface area contributed by atoms with Crippen molar-refractivity contribution in [2.24, 2.45) is 0 Å². The van der Waals surface area contributed by atoms with Gasteiger partial charge in [0.15, 0.2) is 0 Å². The van der Waals surface area contributed by atoms with Gasteiger partial charge in [0.25, 0.3) is 0 Å². The van der Waals surface area contributed by atoms with E-state index in [1.807, 2.05) is 72.8 Å². The van der Waals surface area contributed by atoms with Gasteiger partial charge in [-0.3, -0.25) is 4.57 Å². The first kappa shape index (κ1) is 22.7. The lowest BCUT2D eigenvalue weighted by molar-refractivity contribution is 0.995. The predicted octanol–water partition coefficient (Wildman–Crippen LogP) is 8.45. The van der Waals surface area contributed by atoms with E-state index in [4.69, 9.17) is 9.97 Å². The third kappa shape index (κ3) is 3.85. The van der Waals surface area contributed by atoms with Crippen LogP contribution in [0.1, 0.15) is 5.56 Å². The van der Waals surface area contributed by atoms with Crippen LogP contribution in [0.3, 0.4) is 0 Å². The van der Waals surface area contributed by atoms with Crippen LogP contribution in [0.25, 0.3) is 61.4 Å². The Morgan fingerprint density at radius 1 is 0.538 bits per heavy atom. The topological polar surface area (TPSA) is 54.5 Å². The van der Waals surface area contributed by atoms with Gasteiger partial charge in [0.1, 0.15) is 0 Å². The minimum absolute atomic E-state index is 0.565. The molecule has 4 nitrogen and oxygen atoms in total. The standard InChI is InChI=1S/C35H22N4/c36-23-26-16-7-8-17-27(26)31-22-30(25-14-5-2-6-15-25)37-35(38-31)39-32-20-10-9-18-29(32)34-28(19-11-21-33(34)39)24-12-3-1-4-13-24/h1-22H. The summed E-state index contributed by atoms with van der Waals surface area (Å²) in [5.74, 6) is 0.565. The maximum absolute atomic E-state index is 9.84. The van der Waals surface area contributed by atoms with Gasteiger partial charge in [0.2, 0.25) is 5.95 Å². The molecule has 0 atom stereocenters. The highest BCUT2D eigenvalue weighted by Gasteiger charge is 2.19. The van der Waals surface area contributed by atoms with Crippen molar-refractivity contribution in [1.29, 1.82) is 5.26 Å². The molecule has 0 amide bonds. The van der Waals surface area contributed by atoms with Crippen LogP contribution in [0.15, 0.2) is 133 Å². The monoisotopic (exact) mass is 498 g/mol. The number of fused-ring (bicyclic) bond motifs is 3. The molecule has 2 aromatic heterocycles. The molecule has 0 bridgehead atoms. The van der Waals surface area contributed by atoms with E-state index in [0.717, 1.165) is 49.8 Å². The molecule has 39 heavy (non-hydrogen) atoms. The molecule has 7 aromatic rings. The van der Waals surface area contributed by atoms with E-state index in [1.165, 1.54) is 0 Å². The molecule has 4 heteroatoms. The molecule has 0 N–H and O–H groups in total. The Bertz CT molecular complexity index is 2020. The highest BCUT2D eigenvalue weighted by Crippen LogP contribution is 2.38. The van der Waals surface area contributed by atoms with Crippen LogP contribution < -0.4 is 0 Å². The summed E-state index contributed by atoms with van der Waals surface area (Å²) in [6.45, 7) is 0. The molecule has 0 unspecified atom stereocenters. The summed E-state index contributed by atoms with van der Waals surface area (Å²) in [5, 5.41) is 12.1. The van der Waals surface area contributed by atoms with E-state index in [1.54, 1.807) is 0 Å². The van der Waals surface area contributed by atoms with Crippen LogP contribution in [-0.4, -0.2) is 14.5 Å². The molecule has 5 aromatic carbocycles. The molecule has 0 aliphatic carbocycles. The normalized spacial score (nSPS) is 11.1. The third-order valence-corrected chi connectivity index (χ3v) is 7.09. The summed E-state index contributed by atoms with van der Waals surface area (Å²) in [4.78, 5) is 10.2. The first-order valence-corrected chi connectivity index (χ1v) is 12.8. The number of rotatable bonds is 4. The summed E-state index contributed by atoms with van der Waals surface area (Å²) >= 11 is 0. The second-order valence-corrected chi connectivity index (χ2v) is 9.38. The quantitative estimate of drug-likeness (QED) is 0.245. The maximum Gasteiger partial charge on any atom is 0.235 e. The van der Waals surface area contributed by atoms with Gasteiger partial charge in [0.05, 0.1) is 34.1 Å². The first-order chi connectivity index (χ1) is 19.3. The molecule has 182 valence electrons. The summed E-state index contributed by atoms with van der Waals surface area (Å²) in [7, 11) is 0. The Morgan fingerprint density at radius 2 is 1.15 bits per heavy atom. The number of nitrogens with zero attached hydrogens (tertiary/aromatic N) is 4. The van der Waals surface area contributed by atoms with Gasteiger partial charge < -0.3 is 0 Å². The van der Waals surface area contributed by atoms with Gasteiger partial charge in [-0.15, -0.1) is 0 Å². The summed E-state index contributed by atoms with van der Waals surface area (Å²) in [6.07, 6.45) is 0. The van der Waals surface area contributed by atoms with Crippen LogP contribution in [0.4, 0.5) is 0 Å². The van der Waals surface area contributed by atoms with Crippen LogP contribution in [0.5, 0.6) is 0 Å². The van der Waals surface area contributed by atoms with Gasteiger partial charge in [-0.05, 0) is 35.4 Å². The van der Waals surface area contributed by atoms with Crippen molar-refractivity contribution in [3.63, 3.8) is 0 Å². The molecule has 0 spiro atoms. The smallest absolute Gasteiger partial charge is 0.235 e. The second kappa shape index (κ2) is 9.41. The van der Waals surface area contributed by atoms with Gasteiger partial charge in [-0.1, -0.05) is 109 Å². The van der Waals surface area contributed by atoms with Crippen LogP contribution in [0, 0.1) is 11.3 Å². The average molecular weight is 499 g/mol.